The first-order valence-corrected chi connectivity index (χ1v) is 8.36. The van der Waals surface area contributed by atoms with Crippen LogP contribution in [0, 0.1) is 0 Å². The van der Waals surface area contributed by atoms with E-state index < -0.39 is 6.10 Å². The van der Waals surface area contributed by atoms with E-state index in [0.717, 1.165) is 16.7 Å². The van der Waals surface area contributed by atoms with Gasteiger partial charge in [-0.3, -0.25) is 4.79 Å². The molecular formula is C18H19ClN2O3. The Bertz CT molecular complexity index is 923. The molecule has 126 valence electrons. The molecule has 3 rings (SSSR count). The number of alkyl halides is 1. The summed E-state index contributed by atoms with van der Waals surface area (Å²) in [6, 6.07) is 10.9. The van der Waals surface area contributed by atoms with Gasteiger partial charge in [0.05, 0.1) is 29.6 Å². The molecule has 0 amide bonds. The second-order valence-corrected chi connectivity index (χ2v) is 5.85. The summed E-state index contributed by atoms with van der Waals surface area (Å²) in [7, 11) is 0. The molecule has 0 aliphatic heterocycles. The smallest absolute Gasteiger partial charge is 0.197 e. The first-order chi connectivity index (χ1) is 11.6. The van der Waals surface area contributed by atoms with Gasteiger partial charge in [-0.2, -0.15) is 0 Å². The molecule has 1 heterocycles. The van der Waals surface area contributed by atoms with Gasteiger partial charge >= 0.3 is 0 Å². The van der Waals surface area contributed by atoms with Gasteiger partial charge in [0.1, 0.15) is 5.75 Å². The number of aliphatic hydroxyl groups excluding tert-OH is 1. The van der Waals surface area contributed by atoms with Crippen LogP contribution in [0.15, 0.2) is 41.2 Å². The monoisotopic (exact) mass is 346 g/mol. The van der Waals surface area contributed by atoms with Crippen molar-refractivity contribution >= 4 is 39.1 Å². The third-order valence-corrected chi connectivity index (χ3v) is 4.16. The molecule has 3 N–H and O–H groups in total. The largest absolute Gasteiger partial charge is 0.494 e. The van der Waals surface area contributed by atoms with E-state index >= 15 is 0 Å². The number of fused-ring (bicyclic) bond motifs is 2. The number of hydrogen-bond acceptors (Lipinski definition) is 4. The molecule has 0 bridgehead atoms. The number of aliphatic hydroxyl groups is 1. The van der Waals surface area contributed by atoms with Gasteiger partial charge in [-0.25, -0.2) is 0 Å². The fourth-order valence-electron chi connectivity index (χ4n) is 2.61. The zero-order chi connectivity index (χ0) is 17.1. The average Bonchev–Trinajstić information content (AvgIpc) is 2.60. The molecule has 0 spiro atoms. The highest BCUT2D eigenvalue weighted by molar-refractivity contribution is 6.18. The van der Waals surface area contributed by atoms with Gasteiger partial charge in [-0.05, 0) is 43.3 Å². The fourth-order valence-corrected chi connectivity index (χ4v) is 2.72. The van der Waals surface area contributed by atoms with Crippen molar-refractivity contribution in [1.82, 2.24) is 4.98 Å². The van der Waals surface area contributed by atoms with Crippen LogP contribution in [-0.4, -0.2) is 35.2 Å². The van der Waals surface area contributed by atoms with E-state index in [0.29, 0.717) is 29.7 Å². The number of pyridine rings is 1. The zero-order valence-corrected chi connectivity index (χ0v) is 14.1. The zero-order valence-electron chi connectivity index (χ0n) is 13.3. The Kier molecular flexibility index (Phi) is 4.92. The van der Waals surface area contributed by atoms with Crippen molar-refractivity contribution in [2.45, 2.75) is 13.0 Å². The second kappa shape index (κ2) is 7.11. The van der Waals surface area contributed by atoms with E-state index in [-0.39, 0.29) is 11.3 Å². The number of halogens is 1. The summed E-state index contributed by atoms with van der Waals surface area (Å²) in [5, 5.41) is 13.8. The Morgan fingerprint density at radius 2 is 2.04 bits per heavy atom. The number of aromatic amines is 1. The van der Waals surface area contributed by atoms with Gasteiger partial charge in [0.15, 0.2) is 5.43 Å². The molecule has 5 nitrogen and oxygen atoms in total. The van der Waals surface area contributed by atoms with Crippen molar-refractivity contribution in [3.63, 3.8) is 0 Å². The molecule has 1 unspecified atom stereocenters. The molecule has 3 aromatic rings. The number of hydrogen-bond donors (Lipinski definition) is 3. The van der Waals surface area contributed by atoms with Gasteiger partial charge in [0, 0.05) is 23.0 Å². The summed E-state index contributed by atoms with van der Waals surface area (Å²) in [6.07, 6.45) is -0.616. The summed E-state index contributed by atoms with van der Waals surface area (Å²) >= 11 is 5.59. The first-order valence-electron chi connectivity index (χ1n) is 7.83. The molecule has 0 saturated carbocycles. The minimum atomic E-state index is -0.616. The molecule has 6 heteroatoms. The van der Waals surface area contributed by atoms with Gasteiger partial charge in [-0.15, -0.1) is 11.6 Å². The molecular weight excluding hydrogens is 328 g/mol. The Morgan fingerprint density at radius 1 is 1.21 bits per heavy atom. The predicted octanol–water partition coefficient (Wildman–Crippen LogP) is 3.09. The SMILES string of the molecule is CCOc1ccc2[nH]c3cc(NCC(O)CCl)ccc3c(=O)c2c1. The number of nitrogens with one attached hydrogen (secondary N) is 2. The van der Waals surface area contributed by atoms with Gasteiger partial charge in [0.2, 0.25) is 0 Å². The molecule has 2 aromatic carbocycles. The van der Waals surface area contributed by atoms with Crippen molar-refractivity contribution in [3.05, 3.63) is 46.6 Å². The third-order valence-electron chi connectivity index (χ3n) is 3.80. The normalized spacial score (nSPS) is 12.5. The average molecular weight is 347 g/mol. The van der Waals surface area contributed by atoms with Crippen LogP contribution in [0.25, 0.3) is 21.8 Å². The lowest BCUT2D eigenvalue weighted by atomic mass is 10.1. The van der Waals surface area contributed by atoms with Crippen LogP contribution in [0.3, 0.4) is 0 Å². The van der Waals surface area contributed by atoms with Crippen molar-refractivity contribution < 1.29 is 9.84 Å². The van der Waals surface area contributed by atoms with Crippen molar-refractivity contribution in [2.75, 3.05) is 24.3 Å². The van der Waals surface area contributed by atoms with Crippen LogP contribution in [0.2, 0.25) is 0 Å². The van der Waals surface area contributed by atoms with E-state index in [1.165, 1.54) is 0 Å². The second-order valence-electron chi connectivity index (χ2n) is 5.54. The Morgan fingerprint density at radius 3 is 2.79 bits per heavy atom. The van der Waals surface area contributed by atoms with Crippen LogP contribution in [-0.2, 0) is 0 Å². The quantitative estimate of drug-likeness (QED) is 0.473. The van der Waals surface area contributed by atoms with Crippen molar-refractivity contribution in [1.29, 1.82) is 0 Å². The maximum atomic E-state index is 12.7. The molecule has 0 radical (unpaired) electrons. The summed E-state index contributed by atoms with van der Waals surface area (Å²) in [5.74, 6) is 0.854. The first kappa shape index (κ1) is 16.6. The number of rotatable bonds is 6. The van der Waals surface area contributed by atoms with Crippen LogP contribution >= 0.6 is 11.6 Å². The maximum Gasteiger partial charge on any atom is 0.197 e. The van der Waals surface area contributed by atoms with E-state index in [4.69, 9.17) is 16.3 Å². The molecule has 0 aliphatic carbocycles. The van der Waals surface area contributed by atoms with E-state index in [1.54, 1.807) is 12.1 Å². The summed E-state index contributed by atoms with van der Waals surface area (Å²) in [4.78, 5) is 16.0. The number of benzene rings is 2. The predicted molar refractivity (Wildman–Crippen MR) is 98.5 cm³/mol. The molecule has 0 saturated heterocycles. The number of anilines is 1. The van der Waals surface area contributed by atoms with E-state index in [2.05, 4.69) is 10.3 Å². The Balaban J connectivity index is 2.03. The van der Waals surface area contributed by atoms with Crippen molar-refractivity contribution in [3.8, 4) is 5.75 Å². The maximum absolute atomic E-state index is 12.7. The molecule has 0 fully saturated rings. The molecule has 24 heavy (non-hydrogen) atoms. The summed E-state index contributed by atoms with van der Waals surface area (Å²) < 4.78 is 5.47. The highest BCUT2D eigenvalue weighted by Crippen LogP contribution is 2.22. The topological polar surface area (TPSA) is 74.3 Å². The van der Waals surface area contributed by atoms with Crippen molar-refractivity contribution in [2.24, 2.45) is 0 Å². The molecule has 1 aromatic heterocycles. The fraction of sp³-hybridized carbons (Fsp3) is 0.278. The van der Waals surface area contributed by atoms with Crippen LogP contribution in [0.1, 0.15) is 6.92 Å². The van der Waals surface area contributed by atoms with Crippen LogP contribution < -0.4 is 15.5 Å². The Labute approximate surface area is 144 Å². The number of aromatic nitrogens is 1. The number of H-pyrrole nitrogens is 1. The standard InChI is InChI=1S/C18H19ClN2O3/c1-2-24-13-4-6-16-15(8-13)18(23)14-5-3-11(7-17(14)21-16)20-10-12(22)9-19/h3-8,12,20,22H,2,9-10H2,1H3,(H,21,23). The highest BCUT2D eigenvalue weighted by atomic mass is 35.5. The minimum Gasteiger partial charge on any atom is -0.494 e. The summed E-state index contributed by atoms with van der Waals surface area (Å²) in [5.41, 5.74) is 2.27. The molecule has 1 atom stereocenters. The van der Waals surface area contributed by atoms with E-state index in [9.17, 15) is 9.90 Å². The van der Waals surface area contributed by atoms with Gasteiger partial charge in [-0.1, -0.05) is 0 Å². The lowest BCUT2D eigenvalue weighted by Crippen LogP contribution is -2.20. The summed E-state index contributed by atoms with van der Waals surface area (Å²) in [6.45, 7) is 2.81. The van der Waals surface area contributed by atoms with E-state index in [1.807, 2.05) is 31.2 Å². The highest BCUT2D eigenvalue weighted by Gasteiger charge is 2.08. The van der Waals surface area contributed by atoms with Gasteiger partial charge < -0.3 is 20.1 Å². The Hall–Kier alpha value is -2.24. The number of ether oxygens (including phenoxy) is 1. The van der Waals surface area contributed by atoms with Crippen LogP contribution in [0.4, 0.5) is 5.69 Å². The van der Waals surface area contributed by atoms with Gasteiger partial charge in [0.25, 0.3) is 0 Å². The lowest BCUT2D eigenvalue weighted by molar-refractivity contribution is 0.211. The molecule has 0 aliphatic rings. The third kappa shape index (κ3) is 3.32. The minimum absolute atomic E-state index is 0.0346. The van der Waals surface area contributed by atoms with Crippen LogP contribution in [0.5, 0.6) is 5.75 Å². The lowest BCUT2D eigenvalue weighted by Gasteiger charge is -2.11.